The van der Waals surface area contributed by atoms with Gasteiger partial charge in [-0.2, -0.15) is 0 Å². The van der Waals surface area contributed by atoms with Crippen LogP contribution in [-0.4, -0.2) is 57.1 Å². The van der Waals surface area contributed by atoms with E-state index in [9.17, 15) is 9.59 Å². The normalized spacial score (nSPS) is 29.0. The molecule has 1 aromatic carbocycles. The van der Waals surface area contributed by atoms with Crippen LogP contribution in [0.1, 0.15) is 22.9 Å². The Hall–Kier alpha value is -3.00. The second-order valence-electron chi connectivity index (χ2n) is 8.49. The molecular weight excluding hydrogens is 384 g/mol. The number of nitrogens with zero attached hydrogens (tertiary/aromatic N) is 4. The molecule has 2 aromatic rings. The third kappa shape index (κ3) is 2.94. The number of rotatable bonds is 5. The monoisotopic (exact) mass is 408 g/mol. The lowest BCUT2D eigenvalue weighted by atomic mass is 9.76. The van der Waals surface area contributed by atoms with Gasteiger partial charge >= 0.3 is 0 Å². The van der Waals surface area contributed by atoms with Crippen LogP contribution in [0.15, 0.2) is 40.8 Å². The molecular formula is C22H24N4O4. The summed E-state index contributed by atoms with van der Waals surface area (Å²) in [7, 11) is 1.69. The maximum Gasteiger partial charge on any atom is 0.235 e. The zero-order valence-electron chi connectivity index (χ0n) is 17.2. The topological polar surface area (TPSA) is 88.8 Å². The van der Waals surface area contributed by atoms with Gasteiger partial charge in [0.2, 0.25) is 23.6 Å². The van der Waals surface area contributed by atoms with Gasteiger partial charge in [0.05, 0.1) is 31.0 Å². The second-order valence-corrected chi connectivity index (χ2v) is 8.49. The van der Waals surface area contributed by atoms with E-state index < -0.39 is 17.4 Å². The summed E-state index contributed by atoms with van der Waals surface area (Å²) in [5.41, 5.74) is 1.51. The van der Waals surface area contributed by atoms with Crippen molar-refractivity contribution in [2.75, 3.05) is 13.6 Å². The highest BCUT2D eigenvalue weighted by Gasteiger charge is 2.67. The molecule has 30 heavy (non-hydrogen) atoms. The maximum absolute atomic E-state index is 13.4. The van der Waals surface area contributed by atoms with Gasteiger partial charge in [0.1, 0.15) is 5.60 Å². The van der Waals surface area contributed by atoms with E-state index in [2.05, 4.69) is 16.3 Å². The van der Waals surface area contributed by atoms with E-state index in [-0.39, 0.29) is 24.5 Å². The van der Waals surface area contributed by atoms with Crippen molar-refractivity contribution in [2.45, 2.75) is 38.6 Å². The summed E-state index contributed by atoms with van der Waals surface area (Å²) in [5, 5.41) is 7.76. The molecule has 2 bridgehead atoms. The Balaban J connectivity index is 1.36. The summed E-state index contributed by atoms with van der Waals surface area (Å²) in [6.07, 6.45) is 3.52. The number of aromatic nitrogens is 2. The van der Waals surface area contributed by atoms with Crippen LogP contribution >= 0.6 is 0 Å². The summed E-state index contributed by atoms with van der Waals surface area (Å²) in [4.78, 5) is 30.0. The standard InChI is InChI=1S/C22H24N4O4/c1-13-5-4-6-15(9-13)10-26-12-22-8-7-16(30-22)18(19(22)21(26)28)20(27)25(3)11-17-24-23-14(2)29-17/h4-9,16,18-19H,10-12H2,1-3H3/t16-,18?,19?,22-/m0/s1. The van der Waals surface area contributed by atoms with Crippen LogP contribution in [0.3, 0.4) is 0 Å². The highest BCUT2D eigenvalue weighted by Crippen LogP contribution is 2.52. The highest BCUT2D eigenvalue weighted by molar-refractivity contribution is 5.93. The van der Waals surface area contributed by atoms with Crippen molar-refractivity contribution in [3.63, 3.8) is 0 Å². The minimum Gasteiger partial charge on any atom is -0.424 e. The number of fused-ring (bicyclic) bond motifs is 1. The Kier molecular flexibility index (Phi) is 4.28. The molecule has 2 fully saturated rings. The minimum atomic E-state index is -0.714. The van der Waals surface area contributed by atoms with Gasteiger partial charge in [-0.05, 0) is 12.5 Å². The first kappa shape index (κ1) is 19.0. The third-order valence-corrected chi connectivity index (χ3v) is 6.24. The van der Waals surface area contributed by atoms with Gasteiger partial charge in [-0.1, -0.05) is 42.0 Å². The molecule has 3 aliphatic heterocycles. The first-order valence-corrected chi connectivity index (χ1v) is 10.1. The van der Waals surface area contributed by atoms with Crippen LogP contribution in [0.4, 0.5) is 0 Å². The molecule has 8 heteroatoms. The molecule has 156 valence electrons. The summed E-state index contributed by atoms with van der Waals surface area (Å²) in [5.74, 6) is -0.387. The van der Waals surface area contributed by atoms with E-state index in [0.717, 1.165) is 11.1 Å². The molecule has 8 nitrogen and oxygen atoms in total. The van der Waals surface area contributed by atoms with Crippen molar-refractivity contribution >= 4 is 11.8 Å². The molecule has 4 heterocycles. The van der Waals surface area contributed by atoms with Crippen molar-refractivity contribution in [3.05, 3.63) is 59.3 Å². The molecule has 0 saturated carbocycles. The zero-order chi connectivity index (χ0) is 21.0. The SMILES string of the molecule is Cc1cccc(CN2C[C@]34C=C[C@H](O3)C(C(=O)N(C)Cc3nnc(C)o3)C4C2=O)c1. The summed E-state index contributed by atoms with van der Waals surface area (Å²) >= 11 is 0. The molecule has 0 radical (unpaired) electrons. The Morgan fingerprint density at radius 2 is 2.17 bits per heavy atom. The van der Waals surface area contributed by atoms with Crippen LogP contribution < -0.4 is 0 Å². The number of carbonyl (C=O) groups is 2. The Labute approximate surface area is 174 Å². The summed E-state index contributed by atoms with van der Waals surface area (Å²) < 4.78 is 11.6. The van der Waals surface area contributed by atoms with Crippen LogP contribution in [0.2, 0.25) is 0 Å². The van der Waals surface area contributed by atoms with Gasteiger partial charge in [0.15, 0.2) is 0 Å². The lowest BCUT2D eigenvalue weighted by molar-refractivity contribution is -0.143. The van der Waals surface area contributed by atoms with Gasteiger partial charge in [0, 0.05) is 20.5 Å². The molecule has 4 atom stereocenters. The average Bonchev–Trinajstić information content (AvgIpc) is 3.44. The van der Waals surface area contributed by atoms with Gasteiger partial charge in [-0.25, -0.2) is 0 Å². The second kappa shape index (κ2) is 6.77. The molecule has 0 aliphatic carbocycles. The number of hydrogen-bond donors (Lipinski definition) is 0. The quantitative estimate of drug-likeness (QED) is 0.699. The lowest BCUT2D eigenvalue weighted by Gasteiger charge is -2.27. The molecule has 1 aromatic heterocycles. The van der Waals surface area contributed by atoms with E-state index in [4.69, 9.17) is 9.15 Å². The number of likely N-dealkylation sites (tertiary alicyclic amines) is 1. The lowest BCUT2D eigenvalue weighted by Crippen LogP contribution is -2.44. The maximum atomic E-state index is 13.4. The molecule has 0 N–H and O–H groups in total. The molecule has 5 rings (SSSR count). The van der Waals surface area contributed by atoms with Gasteiger partial charge in [-0.3, -0.25) is 9.59 Å². The first-order valence-electron chi connectivity index (χ1n) is 10.1. The fourth-order valence-corrected chi connectivity index (χ4v) is 4.96. The fourth-order valence-electron chi connectivity index (χ4n) is 4.96. The average molecular weight is 408 g/mol. The van der Waals surface area contributed by atoms with Crippen molar-refractivity contribution in [1.82, 2.24) is 20.0 Å². The molecule has 1 spiro atoms. The fraction of sp³-hybridized carbons (Fsp3) is 0.455. The predicted octanol–water partition coefficient (Wildman–Crippen LogP) is 1.63. The van der Waals surface area contributed by atoms with Gasteiger partial charge < -0.3 is 19.0 Å². The van der Waals surface area contributed by atoms with E-state index in [0.29, 0.717) is 24.9 Å². The van der Waals surface area contributed by atoms with Crippen LogP contribution in [0.25, 0.3) is 0 Å². The van der Waals surface area contributed by atoms with E-state index in [1.807, 2.05) is 42.2 Å². The van der Waals surface area contributed by atoms with Crippen molar-refractivity contribution < 1.29 is 18.7 Å². The number of ether oxygens (including phenoxy) is 1. The zero-order valence-corrected chi connectivity index (χ0v) is 17.2. The molecule has 3 aliphatic rings. The molecule has 2 saturated heterocycles. The summed E-state index contributed by atoms with van der Waals surface area (Å²) in [6.45, 7) is 4.92. The number of amides is 2. The number of benzene rings is 1. The molecule has 2 unspecified atom stereocenters. The van der Waals surface area contributed by atoms with Crippen molar-refractivity contribution in [1.29, 1.82) is 0 Å². The third-order valence-electron chi connectivity index (χ3n) is 6.24. The predicted molar refractivity (Wildman–Crippen MR) is 106 cm³/mol. The van der Waals surface area contributed by atoms with E-state index >= 15 is 0 Å². The largest absolute Gasteiger partial charge is 0.424 e. The summed E-state index contributed by atoms with van der Waals surface area (Å²) in [6, 6.07) is 8.12. The van der Waals surface area contributed by atoms with Crippen molar-refractivity contribution in [3.8, 4) is 0 Å². The minimum absolute atomic E-state index is 0.0243. The number of carbonyl (C=O) groups excluding carboxylic acids is 2. The smallest absolute Gasteiger partial charge is 0.235 e. The van der Waals surface area contributed by atoms with Crippen molar-refractivity contribution in [2.24, 2.45) is 11.8 Å². The van der Waals surface area contributed by atoms with Gasteiger partial charge in [0.25, 0.3) is 0 Å². The highest BCUT2D eigenvalue weighted by atomic mass is 16.5. The van der Waals surface area contributed by atoms with Crippen LogP contribution in [0.5, 0.6) is 0 Å². The molecule has 2 amide bonds. The Morgan fingerprint density at radius 3 is 2.90 bits per heavy atom. The number of aryl methyl sites for hydroxylation is 2. The number of hydrogen-bond acceptors (Lipinski definition) is 6. The first-order chi connectivity index (χ1) is 14.4. The Bertz CT molecular complexity index is 1050. The Morgan fingerprint density at radius 1 is 1.33 bits per heavy atom. The van der Waals surface area contributed by atoms with Gasteiger partial charge in [-0.15, -0.1) is 10.2 Å². The van der Waals surface area contributed by atoms with Crippen LogP contribution in [0, 0.1) is 25.7 Å². The van der Waals surface area contributed by atoms with E-state index in [1.54, 1.807) is 18.9 Å². The van der Waals surface area contributed by atoms with Crippen LogP contribution in [-0.2, 0) is 27.4 Å². The van der Waals surface area contributed by atoms with E-state index in [1.165, 1.54) is 0 Å².